The minimum atomic E-state index is -5.08. The summed E-state index contributed by atoms with van der Waals surface area (Å²) in [6.45, 7) is 2.99. The number of imide groups is 1. The van der Waals surface area contributed by atoms with Crippen LogP contribution in [-0.4, -0.2) is 51.3 Å². The number of alkyl halides is 3. The summed E-state index contributed by atoms with van der Waals surface area (Å²) in [5, 5.41) is 15.3. The van der Waals surface area contributed by atoms with Gasteiger partial charge in [0.25, 0.3) is 11.8 Å². The number of carbonyl (C=O) groups is 3. The molecule has 0 radical (unpaired) electrons. The van der Waals surface area contributed by atoms with Crippen molar-refractivity contribution in [3.05, 3.63) is 71.5 Å². The van der Waals surface area contributed by atoms with E-state index in [-0.39, 0.29) is 11.8 Å². The summed E-state index contributed by atoms with van der Waals surface area (Å²) in [6.07, 6.45) is -2.20. The Morgan fingerprint density at radius 2 is 1.52 bits per heavy atom. The predicted octanol–water partition coefficient (Wildman–Crippen LogP) is 3.73. The maximum Gasteiger partial charge on any atom is 0.490 e. The number of benzene rings is 2. The highest BCUT2D eigenvalue weighted by molar-refractivity contribution is 6.51. The summed E-state index contributed by atoms with van der Waals surface area (Å²) in [7, 11) is 1.98. The number of para-hydroxylation sites is 2. The van der Waals surface area contributed by atoms with E-state index in [1.165, 1.54) is 5.69 Å². The molecule has 3 aliphatic rings. The largest absolute Gasteiger partial charge is 0.490 e. The highest BCUT2D eigenvalue weighted by Gasteiger charge is 2.41. The lowest BCUT2D eigenvalue weighted by molar-refractivity contribution is -0.192. The third-order valence-corrected chi connectivity index (χ3v) is 8.02. The molecule has 0 saturated carbocycles. The van der Waals surface area contributed by atoms with Crippen molar-refractivity contribution in [1.29, 1.82) is 0 Å². The van der Waals surface area contributed by atoms with Crippen LogP contribution in [0.1, 0.15) is 16.8 Å². The Kier molecular flexibility index (Phi) is 6.06. The number of aliphatic carboxylic acids is 1. The number of nitrogens with zero attached hydrogens (tertiary/aromatic N) is 2. The maximum atomic E-state index is 13.3. The molecule has 4 aromatic rings. The van der Waals surface area contributed by atoms with Gasteiger partial charge in [-0.2, -0.15) is 13.2 Å². The zero-order valence-corrected chi connectivity index (χ0v) is 21.4. The molecule has 11 heteroatoms. The molecule has 5 heterocycles. The standard InChI is InChI=1S/C27H24N4O2.C2HF3O2/c1-30-14-19(17-6-2-4-8-20(17)30)24-25(27(33)29-26(24)32)23-18-7-3-5-9-21(18)31-13-16-12-28-11-15(16)10-22(23)31;3-2(4,5)1(6)7/h2-9,14-16,28H,10-13H2,1H3,(H,29,32,33);(H,6,7). The molecule has 206 valence electrons. The van der Waals surface area contributed by atoms with Crippen molar-refractivity contribution in [2.45, 2.75) is 19.1 Å². The molecule has 1 fully saturated rings. The predicted molar refractivity (Wildman–Crippen MR) is 142 cm³/mol. The third-order valence-electron chi connectivity index (χ3n) is 8.02. The quantitative estimate of drug-likeness (QED) is 0.330. The molecule has 2 unspecified atom stereocenters. The van der Waals surface area contributed by atoms with E-state index in [1.54, 1.807) is 0 Å². The van der Waals surface area contributed by atoms with Crippen LogP contribution in [0.5, 0.6) is 0 Å². The van der Waals surface area contributed by atoms with Crippen LogP contribution in [0, 0.1) is 11.8 Å². The van der Waals surface area contributed by atoms with Gasteiger partial charge in [-0.05, 0) is 43.5 Å². The lowest BCUT2D eigenvalue weighted by Crippen LogP contribution is -2.28. The number of amides is 2. The third kappa shape index (κ3) is 4.08. The average molecular weight is 551 g/mol. The average Bonchev–Trinajstić information content (AvgIpc) is 3.65. The van der Waals surface area contributed by atoms with Crippen LogP contribution in [0.4, 0.5) is 13.2 Å². The van der Waals surface area contributed by atoms with Gasteiger partial charge in [0, 0.05) is 58.4 Å². The molecular weight excluding hydrogens is 525 g/mol. The van der Waals surface area contributed by atoms with Gasteiger partial charge >= 0.3 is 12.1 Å². The van der Waals surface area contributed by atoms with Gasteiger partial charge in [-0.3, -0.25) is 14.9 Å². The number of nitrogens with one attached hydrogen (secondary N) is 2. The van der Waals surface area contributed by atoms with Gasteiger partial charge in [-0.25, -0.2) is 4.79 Å². The Morgan fingerprint density at radius 3 is 2.23 bits per heavy atom. The van der Waals surface area contributed by atoms with Crippen molar-refractivity contribution in [3.63, 3.8) is 0 Å². The number of aryl methyl sites for hydroxylation is 1. The minimum Gasteiger partial charge on any atom is -0.475 e. The fraction of sp³-hybridized carbons (Fsp3) is 0.276. The Balaban J connectivity index is 0.000000370. The van der Waals surface area contributed by atoms with Crippen LogP contribution in [0.25, 0.3) is 33.0 Å². The van der Waals surface area contributed by atoms with Gasteiger partial charge in [0.05, 0.1) is 11.1 Å². The Bertz CT molecular complexity index is 1750. The van der Waals surface area contributed by atoms with E-state index in [0.717, 1.165) is 59.0 Å². The Labute approximate surface area is 226 Å². The lowest BCUT2D eigenvalue weighted by atomic mass is 9.85. The fourth-order valence-electron chi connectivity index (χ4n) is 6.27. The zero-order chi connectivity index (χ0) is 28.3. The van der Waals surface area contributed by atoms with E-state index in [4.69, 9.17) is 9.90 Å². The van der Waals surface area contributed by atoms with Gasteiger partial charge < -0.3 is 19.6 Å². The summed E-state index contributed by atoms with van der Waals surface area (Å²) in [5.74, 6) is -2.21. The van der Waals surface area contributed by atoms with E-state index < -0.39 is 12.1 Å². The summed E-state index contributed by atoms with van der Waals surface area (Å²) in [5.41, 5.74) is 6.11. The number of carboxylic acids is 1. The van der Waals surface area contributed by atoms with Crippen molar-refractivity contribution >= 4 is 50.7 Å². The number of carboxylic acid groups (broad SMARTS) is 1. The van der Waals surface area contributed by atoms with Gasteiger partial charge in [-0.1, -0.05) is 36.4 Å². The number of carbonyl (C=O) groups excluding carboxylic acids is 2. The molecule has 3 N–H and O–H groups in total. The van der Waals surface area contributed by atoms with Crippen LogP contribution in [0.15, 0.2) is 54.7 Å². The van der Waals surface area contributed by atoms with E-state index in [2.05, 4.69) is 33.4 Å². The molecule has 7 rings (SSSR count). The zero-order valence-electron chi connectivity index (χ0n) is 21.4. The van der Waals surface area contributed by atoms with E-state index >= 15 is 0 Å². The van der Waals surface area contributed by atoms with Crippen molar-refractivity contribution in [1.82, 2.24) is 19.8 Å². The van der Waals surface area contributed by atoms with E-state index in [9.17, 15) is 22.8 Å². The van der Waals surface area contributed by atoms with Gasteiger partial charge in [0.2, 0.25) is 0 Å². The van der Waals surface area contributed by atoms with Gasteiger partial charge in [0.15, 0.2) is 0 Å². The number of aromatic nitrogens is 2. The van der Waals surface area contributed by atoms with Crippen molar-refractivity contribution in [2.75, 3.05) is 13.1 Å². The molecule has 0 bridgehead atoms. The summed E-state index contributed by atoms with van der Waals surface area (Å²) < 4.78 is 36.1. The first-order valence-corrected chi connectivity index (χ1v) is 12.8. The summed E-state index contributed by atoms with van der Waals surface area (Å²) in [4.78, 5) is 35.5. The second-order valence-corrected chi connectivity index (χ2v) is 10.3. The normalized spacial score (nSPS) is 20.4. The molecule has 8 nitrogen and oxygen atoms in total. The number of fused-ring (bicyclic) bond motifs is 5. The van der Waals surface area contributed by atoms with Gasteiger partial charge in [-0.15, -0.1) is 0 Å². The van der Waals surface area contributed by atoms with Crippen LogP contribution < -0.4 is 10.6 Å². The van der Waals surface area contributed by atoms with Crippen LogP contribution in [-0.2, 0) is 34.4 Å². The summed E-state index contributed by atoms with van der Waals surface area (Å²) in [6, 6.07) is 16.3. The van der Waals surface area contributed by atoms with E-state index in [1.807, 2.05) is 48.1 Å². The number of hydrogen-bond acceptors (Lipinski definition) is 4. The number of rotatable bonds is 2. The molecular formula is C29H25F3N4O4. The van der Waals surface area contributed by atoms with E-state index in [0.29, 0.717) is 23.0 Å². The molecule has 0 aliphatic carbocycles. The first-order chi connectivity index (χ1) is 19.1. The topological polar surface area (TPSA) is 105 Å². The number of halogens is 3. The molecule has 3 aliphatic heterocycles. The van der Waals surface area contributed by atoms with Crippen molar-refractivity contribution in [2.24, 2.45) is 18.9 Å². The van der Waals surface area contributed by atoms with Crippen LogP contribution >= 0.6 is 0 Å². The molecule has 2 amide bonds. The van der Waals surface area contributed by atoms with Crippen molar-refractivity contribution < 1.29 is 32.7 Å². The fourth-order valence-corrected chi connectivity index (χ4v) is 6.27. The first-order valence-electron chi connectivity index (χ1n) is 12.8. The Hall–Kier alpha value is -4.38. The van der Waals surface area contributed by atoms with Crippen LogP contribution in [0.3, 0.4) is 0 Å². The molecule has 0 spiro atoms. The van der Waals surface area contributed by atoms with Crippen LogP contribution in [0.2, 0.25) is 0 Å². The smallest absolute Gasteiger partial charge is 0.475 e. The second kappa shape index (κ2) is 9.37. The van der Waals surface area contributed by atoms with Gasteiger partial charge in [0.1, 0.15) is 0 Å². The molecule has 2 aromatic carbocycles. The SMILES string of the molecule is Cn1cc(C2=C(c3c4n(c5ccccc35)CC3CNCC3C4)C(=O)NC2=O)c2ccccc21.O=C(O)C(F)(F)F. The molecule has 40 heavy (non-hydrogen) atoms. The summed E-state index contributed by atoms with van der Waals surface area (Å²) >= 11 is 0. The second-order valence-electron chi connectivity index (χ2n) is 10.3. The molecule has 2 atom stereocenters. The first kappa shape index (κ1) is 25.9. The lowest BCUT2D eigenvalue weighted by Gasteiger charge is -2.28. The van der Waals surface area contributed by atoms with Crippen molar-refractivity contribution in [3.8, 4) is 0 Å². The maximum absolute atomic E-state index is 13.3. The minimum absolute atomic E-state index is 0.297. The molecule has 2 aromatic heterocycles. The highest BCUT2D eigenvalue weighted by atomic mass is 19.4. The monoisotopic (exact) mass is 550 g/mol. The number of hydrogen-bond donors (Lipinski definition) is 3. The molecule has 1 saturated heterocycles. The Morgan fingerprint density at radius 1 is 0.925 bits per heavy atom. The highest BCUT2D eigenvalue weighted by Crippen LogP contribution is 2.44.